The quantitative estimate of drug-likeness (QED) is 0.590. The summed E-state index contributed by atoms with van der Waals surface area (Å²) in [5.41, 5.74) is 1.55. The van der Waals surface area contributed by atoms with E-state index in [1.54, 1.807) is 47.4 Å². The highest BCUT2D eigenvalue weighted by molar-refractivity contribution is 7.89. The van der Waals surface area contributed by atoms with Crippen molar-refractivity contribution in [3.8, 4) is 0 Å². The fourth-order valence-electron chi connectivity index (χ4n) is 4.76. The zero-order chi connectivity index (χ0) is 23.2. The Balaban J connectivity index is 1.56. The lowest BCUT2D eigenvalue weighted by Crippen LogP contribution is -2.38. The average molecular weight is 467 g/mol. The average Bonchev–Trinajstić information content (AvgIpc) is 3.39. The minimum absolute atomic E-state index is 0.222. The maximum Gasteiger partial charge on any atom is 0.279 e. The summed E-state index contributed by atoms with van der Waals surface area (Å²) in [4.78, 5) is 28.3. The molecule has 5 rings (SSSR count). The third-order valence-electron chi connectivity index (χ3n) is 6.49. The Morgan fingerprint density at radius 2 is 1.73 bits per heavy atom. The number of anilines is 1. The second kappa shape index (κ2) is 8.39. The van der Waals surface area contributed by atoms with Gasteiger partial charge in [0.1, 0.15) is 0 Å². The predicted octanol–water partition coefficient (Wildman–Crippen LogP) is 2.79. The van der Waals surface area contributed by atoms with Crippen molar-refractivity contribution >= 4 is 32.4 Å². The van der Waals surface area contributed by atoms with Crippen LogP contribution in [-0.2, 0) is 23.0 Å². The van der Waals surface area contributed by atoms with Gasteiger partial charge in [0.15, 0.2) is 5.69 Å². The molecule has 0 atom stereocenters. The minimum atomic E-state index is -3.53. The van der Waals surface area contributed by atoms with Crippen LogP contribution in [0.3, 0.4) is 0 Å². The predicted molar refractivity (Wildman–Crippen MR) is 126 cm³/mol. The van der Waals surface area contributed by atoms with Crippen LogP contribution in [0, 0.1) is 0 Å². The van der Waals surface area contributed by atoms with Gasteiger partial charge in [-0.1, -0.05) is 18.2 Å². The van der Waals surface area contributed by atoms with E-state index in [0.717, 1.165) is 24.8 Å². The number of hydrogen-bond acceptors (Lipinski definition) is 5. The molecule has 3 heterocycles. The number of aromatic nitrogens is 2. The van der Waals surface area contributed by atoms with Crippen LogP contribution >= 0.6 is 0 Å². The van der Waals surface area contributed by atoms with E-state index in [-0.39, 0.29) is 22.1 Å². The van der Waals surface area contributed by atoms with Gasteiger partial charge in [-0.3, -0.25) is 9.59 Å². The van der Waals surface area contributed by atoms with E-state index in [1.165, 1.54) is 8.99 Å². The monoisotopic (exact) mass is 466 g/mol. The molecule has 0 unspecified atom stereocenters. The number of fused-ring (bicyclic) bond motifs is 2. The molecule has 8 nitrogen and oxygen atoms in total. The van der Waals surface area contributed by atoms with Gasteiger partial charge < -0.3 is 4.90 Å². The molecule has 1 fully saturated rings. The molecule has 0 saturated carbocycles. The van der Waals surface area contributed by atoms with Gasteiger partial charge in [0.25, 0.3) is 11.5 Å². The smallest absolute Gasteiger partial charge is 0.279 e. The van der Waals surface area contributed by atoms with Gasteiger partial charge in [0.05, 0.1) is 10.3 Å². The summed E-state index contributed by atoms with van der Waals surface area (Å²) < 4.78 is 28.9. The second-order valence-electron chi connectivity index (χ2n) is 8.48. The SMILES string of the molecule is CCn1nc(C(=O)N2CCCc3cc(S(=O)(=O)N4CCCC4)ccc32)c2ccccc2c1=O. The van der Waals surface area contributed by atoms with Crippen LogP contribution in [-0.4, -0.2) is 48.0 Å². The van der Waals surface area contributed by atoms with Crippen LogP contribution in [0.4, 0.5) is 5.69 Å². The first-order valence-electron chi connectivity index (χ1n) is 11.4. The Kier molecular flexibility index (Phi) is 5.54. The molecule has 2 aromatic carbocycles. The molecule has 0 N–H and O–H groups in total. The number of benzene rings is 2. The van der Waals surface area contributed by atoms with E-state index >= 15 is 0 Å². The van der Waals surface area contributed by atoms with Crippen LogP contribution in [0.25, 0.3) is 10.8 Å². The Bertz CT molecular complexity index is 1410. The molecule has 3 aromatic rings. The third-order valence-corrected chi connectivity index (χ3v) is 8.38. The molecule has 1 saturated heterocycles. The third kappa shape index (κ3) is 3.65. The van der Waals surface area contributed by atoms with Crippen LogP contribution in [0.1, 0.15) is 42.2 Å². The van der Waals surface area contributed by atoms with Crippen molar-refractivity contribution in [3.05, 3.63) is 64.1 Å². The first-order chi connectivity index (χ1) is 15.9. The molecular formula is C24H26N4O4S. The highest BCUT2D eigenvalue weighted by atomic mass is 32.2. The molecular weight excluding hydrogens is 440 g/mol. The number of hydrogen-bond donors (Lipinski definition) is 0. The van der Waals surface area contributed by atoms with E-state index in [0.29, 0.717) is 49.1 Å². The van der Waals surface area contributed by atoms with Crippen LogP contribution in [0.5, 0.6) is 0 Å². The lowest BCUT2D eigenvalue weighted by atomic mass is 10.0. The summed E-state index contributed by atoms with van der Waals surface area (Å²) in [7, 11) is -3.53. The van der Waals surface area contributed by atoms with Gasteiger partial charge in [-0.25, -0.2) is 13.1 Å². The summed E-state index contributed by atoms with van der Waals surface area (Å²) in [5.74, 6) is -0.287. The number of carbonyl (C=O) groups is 1. The molecule has 2 aliphatic heterocycles. The summed E-state index contributed by atoms with van der Waals surface area (Å²) in [6.07, 6.45) is 3.18. The molecule has 2 aliphatic rings. The Hall–Kier alpha value is -3.04. The fraction of sp³-hybridized carbons (Fsp3) is 0.375. The fourth-order valence-corrected chi connectivity index (χ4v) is 6.33. The van der Waals surface area contributed by atoms with Crippen molar-refractivity contribution in [3.63, 3.8) is 0 Å². The van der Waals surface area contributed by atoms with Gasteiger partial charge in [0.2, 0.25) is 10.0 Å². The second-order valence-corrected chi connectivity index (χ2v) is 10.4. The number of aryl methyl sites for hydroxylation is 2. The number of sulfonamides is 1. The van der Waals surface area contributed by atoms with Crippen molar-refractivity contribution in [1.82, 2.24) is 14.1 Å². The molecule has 0 spiro atoms. The molecule has 172 valence electrons. The van der Waals surface area contributed by atoms with Crippen molar-refractivity contribution in [1.29, 1.82) is 0 Å². The highest BCUT2D eigenvalue weighted by Crippen LogP contribution is 2.32. The molecule has 1 aromatic heterocycles. The molecule has 33 heavy (non-hydrogen) atoms. The van der Waals surface area contributed by atoms with Gasteiger partial charge in [-0.05, 0) is 62.4 Å². The largest absolute Gasteiger partial charge is 0.307 e. The zero-order valence-corrected chi connectivity index (χ0v) is 19.3. The summed E-state index contributed by atoms with van der Waals surface area (Å²) in [5, 5.41) is 5.37. The first-order valence-corrected chi connectivity index (χ1v) is 12.8. The number of nitrogens with zero attached hydrogens (tertiary/aromatic N) is 4. The van der Waals surface area contributed by atoms with Crippen molar-refractivity contribution in [2.75, 3.05) is 24.5 Å². The lowest BCUT2D eigenvalue weighted by molar-refractivity contribution is 0.0980. The van der Waals surface area contributed by atoms with Crippen LogP contribution in [0.2, 0.25) is 0 Å². The van der Waals surface area contributed by atoms with Crippen molar-refractivity contribution < 1.29 is 13.2 Å². The molecule has 0 radical (unpaired) electrons. The molecule has 9 heteroatoms. The van der Waals surface area contributed by atoms with Gasteiger partial charge >= 0.3 is 0 Å². The van der Waals surface area contributed by atoms with Crippen molar-refractivity contribution in [2.45, 2.75) is 44.0 Å². The van der Waals surface area contributed by atoms with Crippen LogP contribution in [0.15, 0.2) is 52.2 Å². The Morgan fingerprint density at radius 3 is 2.45 bits per heavy atom. The highest BCUT2D eigenvalue weighted by Gasteiger charge is 2.31. The Morgan fingerprint density at radius 1 is 1.00 bits per heavy atom. The topological polar surface area (TPSA) is 92.6 Å². The molecule has 0 bridgehead atoms. The maximum atomic E-state index is 13.7. The van der Waals surface area contributed by atoms with Gasteiger partial charge in [-0.15, -0.1) is 0 Å². The number of carbonyl (C=O) groups excluding carboxylic acids is 1. The van der Waals surface area contributed by atoms with Crippen molar-refractivity contribution in [2.24, 2.45) is 0 Å². The standard InChI is InChI=1S/C24H26N4O4S/c1-2-28-23(29)20-10-4-3-9-19(20)22(25-28)24(30)27-15-7-8-17-16-18(11-12-21(17)27)33(31,32)26-13-5-6-14-26/h3-4,9-12,16H,2,5-8,13-15H2,1H3. The van der Waals surface area contributed by atoms with Gasteiger partial charge in [0, 0.05) is 37.3 Å². The first kappa shape index (κ1) is 21.8. The zero-order valence-electron chi connectivity index (χ0n) is 18.5. The Labute approximate surface area is 192 Å². The minimum Gasteiger partial charge on any atom is -0.307 e. The van der Waals surface area contributed by atoms with E-state index in [1.807, 2.05) is 6.92 Å². The lowest BCUT2D eigenvalue weighted by Gasteiger charge is -2.30. The number of amides is 1. The van der Waals surface area contributed by atoms with E-state index in [2.05, 4.69) is 5.10 Å². The number of rotatable bonds is 4. The summed E-state index contributed by atoms with van der Waals surface area (Å²) in [6.45, 7) is 3.78. The van der Waals surface area contributed by atoms with E-state index in [9.17, 15) is 18.0 Å². The summed E-state index contributed by atoms with van der Waals surface area (Å²) >= 11 is 0. The van der Waals surface area contributed by atoms with Gasteiger partial charge in [-0.2, -0.15) is 9.40 Å². The molecule has 1 amide bonds. The van der Waals surface area contributed by atoms with E-state index in [4.69, 9.17) is 0 Å². The molecule has 0 aliphatic carbocycles. The van der Waals surface area contributed by atoms with E-state index < -0.39 is 10.0 Å². The maximum absolute atomic E-state index is 13.7. The van der Waals surface area contributed by atoms with Crippen LogP contribution < -0.4 is 10.5 Å². The summed E-state index contributed by atoms with van der Waals surface area (Å²) in [6, 6.07) is 12.0. The normalized spacial score (nSPS) is 16.8.